The molecule has 0 spiro atoms. The lowest BCUT2D eigenvalue weighted by molar-refractivity contribution is 0.173. The molecule has 20 heavy (non-hydrogen) atoms. The van der Waals surface area contributed by atoms with Crippen molar-refractivity contribution < 1.29 is 18.3 Å². The number of benzene rings is 2. The number of aliphatic hydroxyl groups is 1. The summed E-state index contributed by atoms with van der Waals surface area (Å²) in [6, 6.07) is 7.48. The topological polar surface area (TPSA) is 20.2 Å². The van der Waals surface area contributed by atoms with Gasteiger partial charge in [-0.05, 0) is 35.4 Å². The zero-order valence-corrected chi connectivity index (χ0v) is 11.2. The first kappa shape index (κ1) is 14.9. The van der Waals surface area contributed by atoms with E-state index >= 15 is 0 Å². The molecule has 0 saturated heterocycles. The monoisotopic (exact) mass is 300 g/mol. The van der Waals surface area contributed by atoms with Gasteiger partial charge in [-0.3, -0.25) is 0 Å². The zero-order valence-electron chi connectivity index (χ0n) is 10.4. The van der Waals surface area contributed by atoms with Gasteiger partial charge >= 0.3 is 0 Å². The lowest BCUT2D eigenvalue weighted by Crippen LogP contribution is -2.16. The second kappa shape index (κ2) is 6.29. The van der Waals surface area contributed by atoms with Crippen LogP contribution in [-0.4, -0.2) is 11.2 Å². The van der Waals surface area contributed by atoms with Crippen LogP contribution in [0.5, 0.6) is 0 Å². The van der Waals surface area contributed by atoms with Crippen LogP contribution in [0.1, 0.15) is 11.1 Å². The molecule has 0 saturated carbocycles. The van der Waals surface area contributed by atoms with E-state index in [4.69, 9.17) is 11.6 Å². The van der Waals surface area contributed by atoms with E-state index in [0.717, 1.165) is 18.2 Å². The van der Waals surface area contributed by atoms with Crippen LogP contribution in [0.25, 0.3) is 0 Å². The molecule has 2 aromatic rings. The van der Waals surface area contributed by atoms with E-state index < -0.39 is 23.6 Å². The van der Waals surface area contributed by atoms with Crippen molar-refractivity contribution >= 4 is 11.6 Å². The fourth-order valence-electron chi connectivity index (χ4n) is 1.99. The van der Waals surface area contributed by atoms with Crippen molar-refractivity contribution in [3.05, 3.63) is 70.0 Å². The third-order valence-electron chi connectivity index (χ3n) is 2.95. The first-order valence-corrected chi connectivity index (χ1v) is 6.40. The maximum Gasteiger partial charge on any atom is 0.145 e. The SMILES string of the molecule is OC(Cc1cc(F)ccc1F)Cc1cccc(Cl)c1F. The predicted molar refractivity (Wildman–Crippen MR) is 71.2 cm³/mol. The molecule has 0 aromatic heterocycles. The Kier molecular flexibility index (Phi) is 4.68. The van der Waals surface area contributed by atoms with Gasteiger partial charge < -0.3 is 5.11 Å². The molecule has 5 heteroatoms. The van der Waals surface area contributed by atoms with Crippen molar-refractivity contribution in [2.75, 3.05) is 0 Å². The number of hydrogen-bond acceptors (Lipinski definition) is 1. The number of rotatable bonds is 4. The Morgan fingerprint density at radius 2 is 1.70 bits per heavy atom. The van der Waals surface area contributed by atoms with Gasteiger partial charge in [-0.2, -0.15) is 0 Å². The van der Waals surface area contributed by atoms with Crippen LogP contribution < -0.4 is 0 Å². The Morgan fingerprint density at radius 1 is 1.00 bits per heavy atom. The van der Waals surface area contributed by atoms with Crippen LogP contribution in [0.4, 0.5) is 13.2 Å². The minimum Gasteiger partial charge on any atom is -0.392 e. The highest BCUT2D eigenvalue weighted by Crippen LogP contribution is 2.20. The van der Waals surface area contributed by atoms with E-state index in [0.29, 0.717) is 0 Å². The van der Waals surface area contributed by atoms with Crippen molar-refractivity contribution in [3.8, 4) is 0 Å². The van der Waals surface area contributed by atoms with Crippen LogP contribution >= 0.6 is 11.6 Å². The molecule has 0 aliphatic rings. The van der Waals surface area contributed by atoms with Crippen molar-refractivity contribution in [2.24, 2.45) is 0 Å². The fourth-order valence-corrected chi connectivity index (χ4v) is 2.18. The van der Waals surface area contributed by atoms with E-state index in [-0.39, 0.29) is 29.0 Å². The molecule has 0 amide bonds. The summed E-state index contributed by atoms with van der Waals surface area (Å²) < 4.78 is 40.1. The summed E-state index contributed by atoms with van der Waals surface area (Å²) in [6.07, 6.45) is -1.16. The minimum absolute atomic E-state index is 0.0254. The van der Waals surface area contributed by atoms with Gasteiger partial charge in [0.2, 0.25) is 0 Å². The molecule has 0 fully saturated rings. The van der Waals surface area contributed by atoms with Gasteiger partial charge in [0.15, 0.2) is 0 Å². The second-order valence-electron chi connectivity index (χ2n) is 4.51. The Labute approximate surface area is 119 Å². The first-order valence-electron chi connectivity index (χ1n) is 6.02. The largest absolute Gasteiger partial charge is 0.392 e. The second-order valence-corrected chi connectivity index (χ2v) is 4.92. The minimum atomic E-state index is -1.03. The van der Waals surface area contributed by atoms with Gasteiger partial charge in [-0.15, -0.1) is 0 Å². The van der Waals surface area contributed by atoms with Crippen molar-refractivity contribution in [1.29, 1.82) is 0 Å². The molecule has 1 unspecified atom stereocenters. The summed E-state index contributed by atoms with van der Waals surface area (Å²) in [7, 11) is 0. The van der Waals surface area contributed by atoms with Crippen LogP contribution in [0.2, 0.25) is 5.02 Å². The average Bonchev–Trinajstić information content (AvgIpc) is 2.39. The lowest BCUT2D eigenvalue weighted by atomic mass is 10.0. The average molecular weight is 301 g/mol. The Hall–Kier alpha value is -1.52. The molecule has 0 aliphatic carbocycles. The highest BCUT2D eigenvalue weighted by atomic mass is 35.5. The Balaban J connectivity index is 2.11. The molecular formula is C15H12ClF3O. The number of halogens is 4. The molecule has 106 valence electrons. The Morgan fingerprint density at radius 3 is 2.45 bits per heavy atom. The molecule has 1 nitrogen and oxygen atoms in total. The highest BCUT2D eigenvalue weighted by molar-refractivity contribution is 6.30. The quantitative estimate of drug-likeness (QED) is 0.908. The summed E-state index contributed by atoms with van der Waals surface area (Å²) in [6.45, 7) is 0. The van der Waals surface area contributed by atoms with Crippen molar-refractivity contribution in [3.63, 3.8) is 0 Å². The summed E-state index contributed by atoms with van der Waals surface area (Å²) >= 11 is 5.64. The first-order chi connectivity index (χ1) is 9.47. The summed E-state index contributed by atoms with van der Waals surface area (Å²) in [4.78, 5) is 0. The normalized spacial score (nSPS) is 12.4. The van der Waals surface area contributed by atoms with Crippen LogP contribution in [0, 0.1) is 17.5 Å². The third kappa shape index (κ3) is 3.52. The number of aliphatic hydroxyl groups excluding tert-OH is 1. The van der Waals surface area contributed by atoms with Crippen molar-refractivity contribution in [1.82, 2.24) is 0 Å². The van der Waals surface area contributed by atoms with Gasteiger partial charge in [0.05, 0.1) is 11.1 Å². The highest BCUT2D eigenvalue weighted by Gasteiger charge is 2.14. The number of hydrogen-bond donors (Lipinski definition) is 1. The smallest absolute Gasteiger partial charge is 0.145 e. The molecular weight excluding hydrogens is 289 g/mol. The fraction of sp³-hybridized carbons (Fsp3) is 0.200. The molecule has 0 radical (unpaired) electrons. The maximum absolute atomic E-state index is 13.7. The molecule has 0 bridgehead atoms. The van der Waals surface area contributed by atoms with Gasteiger partial charge in [0, 0.05) is 12.8 Å². The molecule has 1 atom stereocenters. The van der Waals surface area contributed by atoms with E-state index in [1.54, 1.807) is 6.07 Å². The molecule has 0 aliphatic heterocycles. The van der Waals surface area contributed by atoms with Crippen molar-refractivity contribution in [2.45, 2.75) is 18.9 Å². The van der Waals surface area contributed by atoms with Crippen LogP contribution in [-0.2, 0) is 12.8 Å². The summed E-state index contributed by atoms with van der Waals surface area (Å²) in [5, 5.41) is 9.85. The van der Waals surface area contributed by atoms with Gasteiger partial charge in [0.25, 0.3) is 0 Å². The molecule has 1 N–H and O–H groups in total. The zero-order chi connectivity index (χ0) is 14.7. The third-order valence-corrected chi connectivity index (χ3v) is 3.24. The van der Waals surface area contributed by atoms with Gasteiger partial charge in [0.1, 0.15) is 17.5 Å². The van der Waals surface area contributed by atoms with Gasteiger partial charge in [-0.1, -0.05) is 23.7 Å². The lowest BCUT2D eigenvalue weighted by Gasteiger charge is -2.12. The van der Waals surface area contributed by atoms with Gasteiger partial charge in [-0.25, -0.2) is 13.2 Å². The summed E-state index contributed by atoms with van der Waals surface area (Å²) in [5.41, 5.74) is 0.293. The van der Waals surface area contributed by atoms with Crippen LogP contribution in [0.15, 0.2) is 36.4 Å². The summed E-state index contributed by atoms with van der Waals surface area (Å²) in [5.74, 6) is -1.78. The molecule has 2 aromatic carbocycles. The molecule has 2 rings (SSSR count). The van der Waals surface area contributed by atoms with E-state index in [9.17, 15) is 18.3 Å². The molecule has 0 heterocycles. The van der Waals surface area contributed by atoms with E-state index in [1.807, 2.05) is 0 Å². The van der Waals surface area contributed by atoms with E-state index in [1.165, 1.54) is 12.1 Å². The van der Waals surface area contributed by atoms with Crippen LogP contribution in [0.3, 0.4) is 0 Å². The maximum atomic E-state index is 13.7. The Bertz CT molecular complexity index is 612. The standard InChI is InChI=1S/C15H12ClF3O/c16-13-3-1-2-9(15(13)19)7-12(20)8-10-6-11(17)4-5-14(10)18/h1-6,12,20H,7-8H2. The predicted octanol–water partition coefficient (Wildman–Crippen LogP) is 3.90. The van der Waals surface area contributed by atoms with E-state index in [2.05, 4.69) is 0 Å².